The second-order valence-corrected chi connectivity index (χ2v) is 11.9. The molecule has 0 radical (unpaired) electrons. The van der Waals surface area contributed by atoms with Gasteiger partial charge >= 0.3 is 0 Å². The van der Waals surface area contributed by atoms with Crippen LogP contribution in [-0.2, 0) is 9.47 Å². The molecule has 1 saturated carbocycles. The minimum absolute atomic E-state index is 0.179. The van der Waals surface area contributed by atoms with Gasteiger partial charge in [-0.1, -0.05) is 69.8 Å². The van der Waals surface area contributed by atoms with Crippen LogP contribution in [0.5, 0.6) is 0 Å². The number of hydrogen-bond acceptors (Lipinski definition) is 2. The maximum atomic E-state index is 6.23. The molecule has 0 bridgehead atoms. The van der Waals surface area contributed by atoms with Gasteiger partial charge in [0, 0.05) is 23.0 Å². The highest BCUT2D eigenvalue weighted by Crippen LogP contribution is 2.47. The van der Waals surface area contributed by atoms with Crippen LogP contribution in [0.4, 0.5) is 0 Å². The van der Waals surface area contributed by atoms with Crippen molar-refractivity contribution in [2.24, 2.45) is 23.2 Å². The van der Waals surface area contributed by atoms with Gasteiger partial charge in [-0.25, -0.2) is 0 Å². The number of halogens is 1. The Morgan fingerprint density at radius 2 is 1.43 bits per heavy atom. The lowest BCUT2D eigenvalue weighted by molar-refractivity contribution is -0.0697. The van der Waals surface area contributed by atoms with Gasteiger partial charge in [0.2, 0.25) is 0 Å². The Kier molecular flexibility index (Phi) is 12.9. The zero-order chi connectivity index (χ0) is 21.0. The van der Waals surface area contributed by atoms with Gasteiger partial charge < -0.3 is 9.47 Å². The van der Waals surface area contributed by atoms with E-state index in [4.69, 9.17) is 9.47 Å². The van der Waals surface area contributed by atoms with E-state index in [2.05, 4.69) is 57.5 Å². The fraction of sp³-hybridized carbons (Fsp3) is 1.00. The molecule has 0 heterocycles. The summed E-state index contributed by atoms with van der Waals surface area (Å²) in [5, 5.41) is 0. The molecular weight excluding hydrogens is 412 g/mol. The minimum atomic E-state index is 0.179. The van der Waals surface area contributed by atoms with E-state index < -0.39 is 0 Å². The van der Waals surface area contributed by atoms with Crippen LogP contribution < -0.4 is 0 Å². The molecule has 1 aliphatic rings. The average Bonchev–Trinajstić information content (AvgIpc) is 2.63. The lowest BCUT2D eigenvalue weighted by Gasteiger charge is -2.44. The number of rotatable bonds is 15. The van der Waals surface area contributed by atoms with Gasteiger partial charge in [0.1, 0.15) is 0 Å². The Hall–Kier alpha value is 0.400. The predicted molar refractivity (Wildman–Crippen MR) is 126 cm³/mol. The van der Waals surface area contributed by atoms with Crippen molar-refractivity contribution in [3.63, 3.8) is 0 Å². The molecule has 0 saturated heterocycles. The van der Waals surface area contributed by atoms with Crippen LogP contribution in [0.25, 0.3) is 0 Å². The molecule has 1 unspecified atom stereocenters. The Labute approximate surface area is 185 Å². The van der Waals surface area contributed by atoms with E-state index in [1.165, 1.54) is 57.8 Å². The van der Waals surface area contributed by atoms with E-state index in [0.29, 0.717) is 11.8 Å². The smallest absolute Gasteiger partial charge is 0.0547 e. The summed E-state index contributed by atoms with van der Waals surface area (Å²) in [7, 11) is 0. The third-order valence-corrected chi connectivity index (χ3v) is 7.47. The summed E-state index contributed by atoms with van der Waals surface area (Å²) >= 11 is 4.23. The molecule has 2 nitrogen and oxygen atoms in total. The first-order valence-electron chi connectivity index (χ1n) is 12.1. The minimum Gasteiger partial charge on any atom is -0.381 e. The summed E-state index contributed by atoms with van der Waals surface area (Å²) in [6.07, 6.45) is 12.9. The van der Waals surface area contributed by atoms with Crippen LogP contribution in [-0.4, -0.2) is 30.8 Å². The highest BCUT2D eigenvalue weighted by atomic mass is 79.9. The molecule has 0 spiro atoms. The first-order chi connectivity index (χ1) is 13.3. The molecule has 28 heavy (non-hydrogen) atoms. The second kappa shape index (κ2) is 13.7. The highest BCUT2D eigenvalue weighted by molar-refractivity contribution is 9.10. The third kappa shape index (κ3) is 9.47. The van der Waals surface area contributed by atoms with E-state index >= 15 is 0 Å². The topological polar surface area (TPSA) is 18.5 Å². The van der Waals surface area contributed by atoms with Crippen LogP contribution in [0.3, 0.4) is 0 Å². The van der Waals surface area contributed by atoms with Crippen molar-refractivity contribution in [1.29, 1.82) is 0 Å². The molecule has 1 rings (SSSR count). The molecule has 168 valence electrons. The Morgan fingerprint density at radius 1 is 0.857 bits per heavy atom. The van der Waals surface area contributed by atoms with Gasteiger partial charge in [-0.3, -0.25) is 0 Å². The second-order valence-electron chi connectivity index (χ2n) is 10.2. The molecule has 0 amide bonds. The van der Waals surface area contributed by atoms with E-state index in [1.807, 2.05) is 0 Å². The molecule has 1 fully saturated rings. The van der Waals surface area contributed by atoms with Crippen molar-refractivity contribution in [3.05, 3.63) is 0 Å². The summed E-state index contributed by atoms with van der Waals surface area (Å²) in [6.45, 7) is 17.2. The third-order valence-electron chi connectivity index (χ3n) is 6.42. The number of alkyl halides is 1. The van der Waals surface area contributed by atoms with Crippen molar-refractivity contribution in [1.82, 2.24) is 0 Å². The molecule has 0 N–H and O–H groups in total. The van der Waals surface area contributed by atoms with Crippen LogP contribution in [0, 0.1) is 23.2 Å². The first-order valence-corrected chi connectivity index (χ1v) is 12.9. The van der Waals surface area contributed by atoms with Crippen LogP contribution in [0.2, 0.25) is 0 Å². The van der Waals surface area contributed by atoms with Crippen LogP contribution >= 0.6 is 15.9 Å². The van der Waals surface area contributed by atoms with Crippen molar-refractivity contribution in [3.8, 4) is 0 Å². The lowest BCUT2D eigenvalue weighted by atomic mass is 9.66. The fourth-order valence-electron chi connectivity index (χ4n) is 5.29. The summed E-state index contributed by atoms with van der Waals surface area (Å²) in [5.74, 6) is 2.18. The largest absolute Gasteiger partial charge is 0.381 e. The highest BCUT2D eigenvalue weighted by Gasteiger charge is 2.42. The maximum Gasteiger partial charge on any atom is 0.0547 e. The molecule has 0 aliphatic heterocycles. The number of hydrogen-bond donors (Lipinski definition) is 0. The van der Waals surface area contributed by atoms with Crippen molar-refractivity contribution >= 4 is 15.9 Å². The van der Waals surface area contributed by atoms with Crippen molar-refractivity contribution < 1.29 is 9.47 Å². The Balaban J connectivity index is 3.01. The molecule has 0 aromatic rings. The Morgan fingerprint density at radius 3 is 1.93 bits per heavy atom. The van der Waals surface area contributed by atoms with E-state index in [-0.39, 0.29) is 9.74 Å². The average molecular weight is 462 g/mol. The first kappa shape index (κ1) is 26.4. The molecule has 3 heteroatoms. The standard InChI is InChI=1S/C25H49BrO2/c1-7-16-28-20-24(19-27-8-2,23-12-10-9-11-13-23)14-15-25(26,17-21(3)4)18-22(5)6/h21-23H,7-20H2,1-6H3. The molecular formula is C25H49BrO2. The van der Waals surface area contributed by atoms with Gasteiger partial charge in [0.05, 0.1) is 13.2 Å². The summed E-state index contributed by atoms with van der Waals surface area (Å²) in [4.78, 5) is 0. The maximum absolute atomic E-state index is 6.23. The Bertz CT molecular complexity index is 380. The molecule has 1 aliphatic carbocycles. The van der Waals surface area contributed by atoms with E-state index in [1.54, 1.807) is 0 Å². The van der Waals surface area contributed by atoms with E-state index in [9.17, 15) is 0 Å². The summed E-state index contributed by atoms with van der Waals surface area (Å²) in [5.41, 5.74) is 0.179. The lowest BCUT2D eigenvalue weighted by Crippen LogP contribution is -2.43. The molecule has 1 atom stereocenters. The van der Waals surface area contributed by atoms with Crippen molar-refractivity contribution in [2.45, 2.75) is 110 Å². The molecule has 0 aromatic carbocycles. The van der Waals surface area contributed by atoms with Gasteiger partial charge in [-0.2, -0.15) is 0 Å². The van der Waals surface area contributed by atoms with E-state index in [0.717, 1.165) is 38.8 Å². The number of ether oxygens (including phenoxy) is 2. The zero-order valence-corrected chi connectivity index (χ0v) is 21.4. The van der Waals surface area contributed by atoms with Gasteiger partial charge in [-0.05, 0) is 69.6 Å². The monoisotopic (exact) mass is 460 g/mol. The SMILES string of the molecule is CCCOCC(CCC(Br)(CC(C)C)CC(C)C)(COCC)C1CCCCC1. The van der Waals surface area contributed by atoms with Crippen molar-refractivity contribution in [2.75, 3.05) is 26.4 Å². The summed E-state index contributed by atoms with van der Waals surface area (Å²) in [6, 6.07) is 0. The summed E-state index contributed by atoms with van der Waals surface area (Å²) < 4.78 is 12.6. The van der Waals surface area contributed by atoms with Gasteiger partial charge in [0.15, 0.2) is 0 Å². The van der Waals surface area contributed by atoms with Gasteiger partial charge in [0.25, 0.3) is 0 Å². The van der Waals surface area contributed by atoms with Crippen LogP contribution in [0.1, 0.15) is 106 Å². The molecule has 0 aromatic heterocycles. The van der Waals surface area contributed by atoms with Gasteiger partial charge in [-0.15, -0.1) is 0 Å². The zero-order valence-electron chi connectivity index (χ0n) is 19.8. The normalized spacial score (nSPS) is 18.8. The predicted octanol–water partition coefficient (Wildman–Crippen LogP) is 8.02. The van der Waals surface area contributed by atoms with Crippen LogP contribution in [0.15, 0.2) is 0 Å². The quantitative estimate of drug-likeness (QED) is 0.182. The fourth-order valence-corrected chi connectivity index (χ4v) is 6.78.